The number of nitrogens with one attached hydrogen (secondary N) is 2. The zero-order valence-corrected chi connectivity index (χ0v) is 14.8. The topological polar surface area (TPSA) is 87.7 Å². The summed E-state index contributed by atoms with van der Waals surface area (Å²) in [5, 5.41) is 3.02. The van der Waals surface area contributed by atoms with Gasteiger partial charge in [-0.3, -0.25) is 4.79 Å². The molecule has 1 heterocycles. The second-order valence-corrected chi connectivity index (χ2v) is 6.85. The van der Waals surface area contributed by atoms with Crippen LogP contribution in [0.5, 0.6) is 0 Å². The van der Waals surface area contributed by atoms with E-state index < -0.39 is 10.0 Å². The SMILES string of the molecule is CNS(=O)(=O)c1ccc2c(c1)CCN2C(=O)CNCCOC.Cl. The van der Waals surface area contributed by atoms with Crippen molar-refractivity contribution in [3.8, 4) is 0 Å². The predicted molar refractivity (Wildman–Crippen MR) is 90.7 cm³/mol. The number of fused-ring (bicyclic) bond motifs is 1. The second kappa shape index (κ2) is 8.60. The third-order valence-corrected chi connectivity index (χ3v) is 5.00. The lowest BCUT2D eigenvalue weighted by Gasteiger charge is -2.18. The van der Waals surface area contributed by atoms with Gasteiger partial charge < -0.3 is 15.0 Å². The largest absolute Gasteiger partial charge is 0.383 e. The summed E-state index contributed by atoms with van der Waals surface area (Å²) in [5.74, 6) is -0.0286. The lowest BCUT2D eigenvalue weighted by atomic mass is 10.2. The van der Waals surface area contributed by atoms with E-state index in [1.807, 2.05) is 0 Å². The second-order valence-electron chi connectivity index (χ2n) is 4.96. The molecule has 0 aliphatic carbocycles. The van der Waals surface area contributed by atoms with Gasteiger partial charge >= 0.3 is 0 Å². The maximum atomic E-state index is 12.2. The molecule has 2 N–H and O–H groups in total. The van der Waals surface area contributed by atoms with Gasteiger partial charge in [0, 0.05) is 25.9 Å². The number of benzene rings is 1. The van der Waals surface area contributed by atoms with E-state index in [-0.39, 0.29) is 29.8 Å². The third kappa shape index (κ3) is 4.65. The molecule has 1 aliphatic heterocycles. The van der Waals surface area contributed by atoms with Gasteiger partial charge in [-0.15, -0.1) is 12.4 Å². The van der Waals surface area contributed by atoms with E-state index in [2.05, 4.69) is 10.0 Å². The highest BCUT2D eigenvalue weighted by Crippen LogP contribution is 2.30. The summed E-state index contributed by atoms with van der Waals surface area (Å²) in [6, 6.07) is 4.85. The van der Waals surface area contributed by atoms with Crippen LogP contribution in [0.1, 0.15) is 5.56 Å². The van der Waals surface area contributed by atoms with Gasteiger partial charge in [0.2, 0.25) is 15.9 Å². The Morgan fingerprint density at radius 1 is 1.39 bits per heavy atom. The molecule has 9 heteroatoms. The van der Waals surface area contributed by atoms with Crippen LogP contribution in [0.15, 0.2) is 23.1 Å². The van der Waals surface area contributed by atoms with Gasteiger partial charge in [0.25, 0.3) is 0 Å². The van der Waals surface area contributed by atoms with Gasteiger partial charge in [-0.2, -0.15) is 0 Å². The van der Waals surface area contributed by atoms with E-state index >= 15 is 0 Å². The summed E-state index contributed by atoms with van der Waals surface area (Å²) in [7, 11) is -0.470. The van der Waals surface area contributed by atoms with Crippen LogP contribution in [-0.2, 0) is 26.0 Å². The van der Waals surface area contributed by atoms with Crippen LogP contribution in [0, 0.1) is 0 Å². The number of sulfonamides is 1. The molecule has 0 fully saturated rings. The van der Waals surface area contributed by atoms with Crippen LogP contribution in [-0.4, -0.2) is 54.7 Å². The lowest BCUT2D eigenvalue weighted by Crippen LogP contribution is -2.38. The molecule has 0 bridgehead atoms. The molecular weight excluding hydrogens is 342 g/mol. The number of ether oxygens (including phenoxy) is 1. The number of hydrogen-bond acceptors (Lipinski definition) is 5. The fourth-order valence-electron chi connectivity index (χ4n) is 2.39. The minimum absolute atomic E-state index is 0. The Bertz CT molecular complexity index is 651. The molecule has 0 atom stereocenters. The van der Waals surface area contributed by atoms with Crippen molar-refractivity contribution in [2.75, 3.05) is 45.3 Å². The van der Waals surface area contributed by atoms with Crippen molar-refractivity contribution in [1.29, 1.82) is 0 Å². The number of carbonyl (C=O) groups excluding carboxylic acids is 1. The van der Waals surface area contributed by atoms with E-state index in [4.69, 9.17) is 4.74 Å². The molecule has 0 saturated carbocycles. The maximum Gasteiger partial charge on any atom is 0.240 e. The number of halogens is 1. The van der Waals surface area contributed by atoms with Crippen molar-refractivity contribution in [3.05, 3.63) is 23.8 Å². The molecule has 23 heavy (non-hydrogen) atoms. The molecule has 0 aromatic heterocycles. The number of hydrogen-bond donors (Lipinski definition) is 2. The molecule has 130 valence electrons. The number of anilines is 1. The van der Waals surface area contributed by atoms with Crippen molar-refractivity contribution >= 4 is 34.0 Å². The van der Waals surface area contributed by atoms with Crippen LogP contribution in [0.25, 0.3) is 0 Å². The van der Waals surface area contributed by atoms with E-state index in [0.29, 0.717) is 26.1 Å². The summed E-state index contributed by atoms with van der Waals surface area (Å²) in [4.78, 5) is 14.1. The Labute approximate surface area is 142 Å². The van der Waals surface area contributed by atoms with E-state index in [1.165, 1.54) is 13.1 Å². The van der Waals surface area contributed by atoms with Gasteiger partial charge in [-0.25, -0.2) is 13.1 Å². The quantitative estimate of drug-likeness (QED) is 0.673. The average molecular weight is 364 g/mol. The van der Waals surface area contributed by atoms with Crippen LogP contribution in [0.3, 0.4) is 0 Å². The van der Waals surface area contributed by atoms with Crippen LogP contribution >= 0.6 is 12.4 Å². The lowest BCUT2D eigenvalue weighted by molar-refractivity contribution is -0.117. The molecule has 0 saturated heterocycles. The summed E-state index contributed by atoms with van der Waals surface area (Å²) in [5.41, 5.74) is 1.66. The number of rotatable bonds is 7. The Kier molecular flexibility index (Phi) is 7.43. The summed E-state index contributed by atoms with van der Waals surface area (Å²) in [6.45, 7) is 1.97. The van der Waals surface area contributed by atoms with Gasteiger partial charge in [-0.05, 0) is 37.2 Å². The van der Waals surface area contributed by atoms with E-state index in [1.54, 1.807) is 24.1 Å². The fourth-order valence-corrected chi connectivity index (χ4v) is 3.17. The molecule has 0 spiro atoms. The third-order valence-electron chi connectivity index (χ3n) is 3.59. The van der Waals surface area contributed by atoms with Crippen molar-refractivity contribution < 1.29 is 17.9 Å². The van der Waals surface area contributed by atoms with Gasteiger partial charge in [0.1, 0.15) is 0 Å². The van der Waals surface area contributed by atoms with Crippen LogP contribution in [0.2, 0.25) is 0 Å². The first-order valence-corrected chi connectivity index (χ1v) is 8.54. The summed E-state index contributed by atoms with van der Waals surface area (Å²) >= 11 is 0. The summed E-state index contributed by atoms with van der Waals surface area (Å²) < 4.78 is 30.8. The predicted octanol–water partition coefficient (Wildman–Crippen LogP) is 0.142. The standard InChI is InChI=1S/C14H21N3O4S.ClH/c1-15-22(19,20)12-3-4-13-11(9-12)5-7-17(13)14(18)10-16-6-8-21-2;/h3-4,9,15-16H,5-8,10H2,1-2H3;1H. The average Bonchev–Trinajstić information content (AvgIpc) is 2.94. The molecule has 2 rings (SSSR count). The van der Waals surface area contributed by atoms with Crippen molar-refractivity contribution in [2.45, 2.75) is 11.3 Å². The fraction of sp³-hybridized carbons (Fsp3) is 0.500. The number of nitrogens with zero attached hydrogens (tertiary/aromatic N) is 1. The normalized spacial score (nSPS) is 13.6. The number of amides is 1. The van der Waals surface area contributed by atoms with Gasteiger partial charge in [0.15, 0.2) is 0 Å². The highest BCUT2D eigenvalue weighted by atomic mass is 35.5. The monoisotopic (exact) mass is 363 g/mol. The first kappa shape index (κ1) is 19.9. The number of methoxy groups -OCH3 is 1. The molecule has 1 aromatic carbocycles. The van der Waals surface area contributed by atoms with Crippen LogP contribution < -0.4 is 14.9 Å². The molecular formula is C14H22ClN3O4S. The maximum absolute atomic E-state index is 12.2. The highest BCUT2D eigenvalue weighted by Gasteiger charge is 2.25. The van der Waals surface area contributed by atoms with Gasteiger partial charge in [-0.1, -0.05) is 0 Å². The Morgan fingerprint density at radius 3 is 2.78 bits per heavy atom. The molecule has 1 aliphatic rings. The smallest absolute Gasteiger partial charge is 0.240 e. The van der Waals surface area contributed by atoms with Crippen molar-refractivity contribution in [1.82, 2.24) is 10.0 Å². The molecule has 1 amide bonds. The number of carbonyl (C=O) groups is 1. The van der Waals surface area contributed by atoms with Gasteiger partial charge in [0.05, 0.1) is 18.0 Å². The molecule has 7 nitrogen and oxygen atoms in total. The summed E-state index contributed by atoms with van der Waals surface area (Å²) in [6.07, 6.45) is 0.659. The Hall–Kier alpha value is -1.19. The minimum Gasteiger partial charge on any atom is -0.383 e. The van der Waals surface area contributed by atoms with E-state index in [0.717, 1.165) is 11.3 Å². The highest BCUT2D eigenvalue weighted by molar-refractivity contribution is 7.89. The van der Waals surface area contributed by atoms with E-state index in [9.17, 15) is 13.2 Å². The molecule has 0 radical (unpaired) electrons. The Balaban J connectivity index is 0.00000264. The zero-order chi connectivity index (χ0) is 16.2. The molecule has 0 unspecified atom stereocenters. The van der Waals surface area contributed by atoms with Crippen molar-refractivity contribution in [2.24, 2.45) is 0 Å². The van der Waals surface area contributed by atoms with Crippen molar-refractivity contribution in [3.63, 3.8) is 0 Å². The molecule has 1 aromatic rings. The first-order valence-electron chi connectivity index (χ1n) is 7.06. The minimum atomic E-state index is -3.46. The first-order chi connectivity index (χ1) is 10.5. The Morgan fingerprint density at radius 2 is 2.13 bits per heavy atom. The zero-order valence-electron chi connectivity index (χ0n) is 13.2. The van der Waals surface area contributed by atoms with Crippen LogP contribution in [0.4, 0.5) is 5.69 Å².